The number of amides is 4. The highest BCUT2D eigenvalue weighted by molar-refractivity contribution is 6.26. The number of imide groups is 1. The molecular formula is C44H62N7O9+. The number of aliphatic carboxylic acids is 2. The molecule has 1 aliphatic heterocycles. The maximum Gasteiger partial charge on any atom is 0.261 e. The Kier molecular flexibility index (Phi) is 19.8. The molecule has 4 rings (SSSR count). The van der Waals surface area contributed by atoms with Crippen LogP contribution in [0.25, 0.3) is 10.8 Å². The van der Waals surface area contributed by atoms with Gasteiger partial charge in [0.25, 0.3) is 11.8 Å². The fraction of sp³-hybridized carbons (Fsp3) is 0.477. The van der Waals surface area contributed by atoms with Crippen LogP contribution in [0.15, 0.2) is 60.7 Å². The Balaban J connectivity index is 0.000000472. The molecule has 3 aromatic carbocycles. The highest BCUT2D eigenvalue weighted by atomic mass is 16.4. The van der Waals surface area contributed by atoms with Crippen molar-refractivity contribution in [1.29, 1.82) is 0 Å². The van der Waals surface area contributed by atoms with Crippen molar-refractivity contribution in [2.75, 3.05) is 45.2 Å². The maximum absolute atomic E-state index is 13.4. The van der Waals surface area contributed by atoms with E-state index in [1.165, 1.54) is 31.9 Å². The van der Waals surface area contributed by atoms with Gasteiger partial charge in [-0.25, -0.2) is 0 Å². The van der Waals surface area contributed by atoms with Gasteiger partial charge in [0, 0.05) is 92.3 Å². The molecule has 0 saturated carbocycles. The third-order valence-electron chi connectivity index (χ3n) is 10.2. The second-order valence-electron chi connectivity index (χ2n) is 15.8. The number of rotatable bonds is 24. The van der Waals surface area contributed by atoms with Crippen LogP contribution in [0, 0.1) is 5.92 Å². The number of hydrogen-bond acceptors (Lipinski definition) is 10. The van der Waals surface area contributed by atoms with Crippen LogP contribution in [0.4, 0.5) is 5.69 Å². The summed E-state index contributed by atoms with van der Waals surface area (Å²) < 4.78 is 0. The Hall–Kier alpha value is -5.71. The first-order chi connectivity index (χ1) is 28.5. The van der Waals surface area contributed by atoms with E-state index in [1.807, 2.05) is 25.1 Å². The van der Waals surface area contributed by atoms with Crippen LogP contribution in [-0.4, -0.2) is 105 Å². The fourth-order valence-corrected chi connectivity index (χ4v) is 6.96. The summed E-state index contributed by atoms with van der Waals surface area (Å²) in [6.45, 7) is 5.49. The van der Waals surface area contributed by atoms with Crippen molar-refractivity contribution in [1.82, 2.24) is 15.5 Å². The van der Waals surface area contributed by atoms with E-state index >= 15 is 0 Å². The van der Waals surface area contributed by atoms with Gasteiger partial charge in [-0.05, 0) is 69.7 Å². The van der Waals surface area contributed by atoms with Gasteiger partial charge in [0.15, 0.2) is 0 Å². The summed E-state index contributed by atoms with van der Waals surface area (Å²) in [4.78, 5) is 88.5. The molecule has 0 fully saturated rings. The van der Waals surface area contributed by atoms with Crippen LogP contribution >= 0.6 is 0 Å². The first-order valence-corrected chi connectivity index (χ1v) is 20.6. The van der Waals surface area contributed by atoms with Gasteiger partial charge >= 0.3 is 0 Å². The van der Waals surface area contributed by atoms with Crippen LogP contribution in [0.1, 0.15) is 91.5 Å². The van der Waals surface area contributed by atoms with Gasteiger partial charge in [0.05, 0.1) is 24.6 Å². The molecule has 0 spiro atoms. The quantitative estimate of drug-likeness (QED) is 0.0488. The summed E-state index contributed by atoms with van der Waals surface area (Å²) in [7, 11) is 3.72. The molecule has 1 heterocycles. The van der Waals surface area contributed by atoms with E-state index in [0.29, 0.717) is 28.6 Å². The standard InChI is InChI=1S/C30H36N4O9.C14H25N3/c1-17(35)16-18(27(39)31-14-12-22(30(42)43)32-24(36)8-5-9-25(37)38)13-15-34-28(40)20-7-4-6-19-23(33(2)3)11-10-21(26(19)20)29(34)41;1-12(15)9-10-17-11-14(16)8-7-13-5-3-2-4-6-13/h4,6-7,10-11,18,22H,5,8-9,12-16H2,1-3H3,(H,31,39)(H,32,36)(H,37,38)(H,42,43);2-6,12,14,17H,7-11,15-16H2,1H3/p+1/t18-,22+;12-,14+/m01/s1. The van der Waals surface area contributed by atoms with Crippen LogP contribution in [0.5, 0.6) is 0 Å². The number of aryl methyl sites for hydroxylation is 1. The van der Waals surface area contributed by atoms with Gasteiger partial charge in [-0.3, -0.25) is 24.1 Å². The van der Waals surface area contributed by atoms with Gasteiger partial charge in [0.2, 0.25) is 11.8 Å². The topological polar surface area (TPSA) is 268 Å². The largest absolute Gasteiger partial charge is 0.550 e. The third-order valence-corrected chi connectivity index (χ3v) is 10.2. The Morgan fingerprint density at radius 2 is 1.53 bits per heavy atom. The molecule has 0 aliphatic carbocycles. The van der Waals surface area contributed by atoms with Gasteiger partial charge in [-0.1, -0.05) is 42.5 Å². The number of nitrogens with two attached hydrogens (primary N) is 1. The van der Waals surface area contributed by atoms with Gasteiger partial charge < -0.3 is 56.9 Å². The lowest BCUT2D eigenvalue weighted by Gasteiger charge is -2.29. The highest BCUT2D eigenvalue weighted by Gasteiger charge is 2.34. The number of nitrogens with zero attached hydrogens (tertiary/aromatic N) is 2. The molecule has 326 valence electrons. The van der Waals surface area contributed by atoms with Crippen LogP contribution in [0.3, 0.4) is 0 Å². The summed E-state index contributed by atoms with van der Waals surface area (Å²) >= 11 is 0. The minimum atomic E-state index is -1.59. The van der Waals surface area contributed by atoms with E-state index in [9.17, 15) is 43.8 Å². The summed E-state index contributed by atoms with van der Waals surface area (Å²) in [5.41, 5.74) is 11.2. The molecule has 0 aromatic heterocycles. The summed E-state index contributed by atoms with van der Waals surface area (Å²) in [6, 6.07) is 19.0. The Morgan fingerprint density at radius 1 is 0.850 bits per heavy atom. The highest BCUT2D eigenvalue weighted by Crippen LogP contribution is 2.35. The van der Waals surface area contributed by atoms with Crippen molar-refractivity contribution >= 4 is 57.8 Å². The van der Waals surface area contributed by atoms with Crippen LogP contribution < -0.4 is 42.5 Å². The predicted molar refractivity (Wildman–Crippen MR) is 221 cm³/mol. The van der Waals surface area contributed by atoms with Gasteiger partial charge in [-0.2, -0.15) is 0 Å². The normalized spacial score (nSPS) is 14.0. The van der Waals surface area contributed by atoms with Crippen molar-refractivity contribution in [2.45, 2.75) is 89.8 Å². The molecule has 0 radical (unpaired) electrons. The van der Waals surface area contributed by atoms with E-state index in [-0.39, 0.29) is 57.4 Å². The molecule has 3 aromatic rings. The number of anilines is 1. The summed E-state index contributed by atoms with van der Waals surface area (Å²) in [5, 5.41) is 30.4. The van der Waals surface area contributed by atoms with E-state index in [2.05, 4.69) is 64.7 Å². The molecule has 10 N–H and O–H groups in total. The zero-order valence-corrected chi connectivity index (χ0v) is 35.3. The molecule has 16 nitrogen and oxygen atoms in total. The Labute approximate surface area is 351 Å². The molecule has 16 heteroatoms. The average Bonchev–Trinajstić information content (AvgIpc) is 3.19. The lowest BCUT2D eigenvalue weighted by molar-refractivity contribution is -0.683. The number of benzene rings is 3. The molecule has 0 saturated heterocycles. The van der Waals surface area contributed by atoms with E-state index in [0.717, 1.165) is 28.9 Å². The molecule has 4 atom stereocenters. The number of carboxylic acid groups (broad SMARTS) is 2. The third kappa shape index (κ3) is 15.5. The van der Waals surface area contributed by atoms with Crippen molar-refractivity contribution in [2.24, 2.45) is 5.92 Å². The van der Waals surface area contributed by atoms with E-state index in [4.69, 9.17) is 0 Å². The SMILES string of the molecule is CC(=O)C[C@H](CCN1C(=O)c2cccc3c(N(C)C)ccc(c23)C1=O)C(=O)NCC[C@@H](NC(=O)CCCC(=O)[O-])C(=O)[O-].C[C@@H]([NH3+])CC[NH2+]C[C@@H]([NH3+])CCc1ccccc1. The van der Waals surface area contributed by atoms with E-state index in [1.54, 1.807) is 24.3 Å². The molecule has 60 heavy (non-hydrogen) atoms. The molecule has 0 bridgehead atoms. The summed E-state index contributed by atoms with van der Waals surface area (Å²) in [6.07, 6.45) is 2.51. The van der Waals surface area contributed by atoms with Crippen LogP contribution in [0.2, 0.25) is 0 Å². The number of carboxylic acids is 2. The molecule has 1 aliphatic rings. The van der Waals surface area contributed by atoms with Crippen molar-refractivity contribution in [3.63, 3.8) is 0 Å². The zero-order chi connectivity index (χ0) is 44.4. The monoisotopic (exact) mass is 832 g/mol. The second-order valence-corrected chi connectivity index (χ2v) is 15.8. The fourth-order valence-electron chi connectivity index (χ4n) is 6.96. The van der Waals surface area contributed by atoms with Crippen molar-refractivity contribution in [3.05, 3.63) is 77.4 Å². The zero-order valence-electron chi connectivity index (χ0n) is 35.3. The van der Waals surface area contributed by atoms with Crippen LogP contribution in [-0.2, 0) is 30.4 Å². The molecule has 4 amide bonds. The number of hydrogen-bond donors (Lipinski definition) is 5. The Morgan fingerprint density at radius 3 is 2.15 bits per heavy atom. The van der Waals surface area contributed by atoms with Crippen molar-refractivity contribution in [3.8, 4) is 0 Å². The first kappa shape index (κ1) is 48.7. The number of Topliss-reactive ketones (excluding diaryl/α,β-unsaturated/α-hetero) is 1. The average molecular weight is 833 g/mol. The van der Waals surface area contributed by atoms with E-state index < -0.39 is 47.5 Å². The minimum absolute atomic E-state index is 0.0108. The lowest BCUT2D eigenvalue weighted by Crippen LogP contribution is -2.91. The number of carbonyl (C=O) groups is 7. The number of quaternary nitrogens is 3. The number of nitrogens with one attached hydrogen (secondary N) is 2. The predicted octanol–water partition coefficient (Wildman–Crippen LogP) is -2.04. The second kappa shape index (κ2) is 24.4. The molecular weight excluding hydrogens is 771 g/mol. The van der Waals surface area contributed by atoms with Gasteiger partial charge in [-0.15, -0.1) is 0 Å². The minimum Gasteiger partial charge on any atom is -0.550 e. The van der Waals surface area contributed by atoms with Gasteiger partial charge in [0.1, 0.15) is 18.4 Å². The molecule has 0 unspecified atom stereocenters. The number of ketones is 1. The maximum atomic E-state index is 13.4. The Bertz CT molecular complexity index is 1930. The lowest BCUT2D eigenvalue weighted by atomic mass is 9.91. The summed E-state index contributed by atoms with van der Waals surface area (Å²) in [5.74, 6) is -6.41. The van der Waals surface area contributed by atoms with Crippen molar-refractivity contribution < 1.29 is 60.6 Å². The number of carbonyl (C=O) groups excluding carboxylic acids is 7. The smallest absolute Gasteiger partial charge is 0.261 e. The first-order valence-electron chi connectivity index (χ1n) is 20.6.